The van der Waals surface area contributed by atoms with Crippen LogP contribution in [0.1, 0.15) is 26.2 Å². The van der Waals surface area contributed by atoms with Gasteiger partial charge >= 0.3 is 0 Å². The number of nitrogens with zero attached hydrogens (tertiary/aromatic N) is 1. The molecule has 0 unspecified atom stereocenters. The maximum Gasteiger partial charge on any atom is 0.224 e. The first-order valence-corrected chi connectivity index (χ1v) is 5.13. The van der Waals surface area contributed by atoms with E-state index in [9.17, 15) is 4.79 Å². The summed E-state index contributed by atoms with van der Waals surface area (Å²) >= 11 is 0. The van der Waals surface area contributed by atoms with Crippen LogP contribution in [0.25, 0.3) is 0 Å². The lowest BCUT2D eigenvalue weighted by molar-refractivity contribution is -0.132. The van der Waals surface area contributed by atoms with Crippen molar-refractivity contribution in [2.75, 3.05) is 33.4 Å². The van der Waals surface area contributed by atoms with Gasteiger partial charge in [0, 0.05) is 20.2 Å². The van der Waals surface area contributed by atoms with Gasteiger partial charge in [-0.2, -0.15) is 0 Å². The van der Waals surface area contributed by atoms with Crippen molar-refractivity contribution in [1.82, 2.24) is 4.90 Å². The van der Waals surface area contributed by atoms with E-state index >= 15 is 0 Å². The predicted molar refractivity (Wildman–Crippen MR) is 55.1 cm³/mol. The first kappa shape index (κ1) is 13.4. The average molecular weight is 203 g/mol. The van der Waals surface area contributed by atoms with Crippen LogP contribution in [-0.4, -0.2) is 49.3 Å². The highest BCUT2D eigenvalue weighted by Gasteiger charge is 2.11. The monoisotopic (exact) mass is 203 g/mol. The zero-order valence-electron chi connectivity index (χ0n) is 9.16. The summed E-state index contributed by atoms with van der Waals surface area (Å²) in [7, 11) is 1.58. The van der Waals surface area contributed by atoms with Gasteiger partial charge in [0.05, 0.1) is 19.6 Å². The molecule has 4 nitrogen and oxygen atoms in total. The molecule has 0 saturated heterocycles. The van der Waals surface area contributed by atoms with Crippen LogP contribution in [0.15, 0.2) is 0 Å². The van der Waals surface area contributed by atoms with E-state index in [2.05, 4.69) is 6.92 Å². The van der Waals surface area contributed by atoms with Crippen molar-refractivity contribution >= 4 is 5.91 Å². The molecule has 0 radical (unpaired) electrons. The van der Waals surface area contributed by atoms with E-state index in [4.69, 9.17) is 9.84 Å². The molecule has 0 saturated carbocycles. The van der Waals surface area contributed by atoms with Gasteiger partial charge in [-0.25, -0.2) is 0 Å². The number of methoxy groups -OCH3 is 1. The topological polar surface area (TPSA) is 49.8 Å². The number of ether oxygens (including phenoxy) is 1. The molecular formula is C10H21NO3. The maximum absolute atomic E-state index is 11.5. The van der Waals surface area contributed by atoms with Gasteiger partial charge in [0.2, 0.25) is 5.91 Å². The summed E-state index contributed by atoms with van der Waals surface area (Å²) in [6.45, 7) is 3.73. The lowest BCUT2D eigenvalue weighted by atomic mass is 10.3. The molecule has 14 heavy (non-hydrogen) atoms. The number of rotatable bonds is 8. The third-order valence-electron chi connectivity index (χ3n) is 2.02. The van der Waals surface area contributed by atoms with Crippen molar-refractivity contribution in [1.29, 1.82) is 0 Å². The fourth-order valence-corrected chi connectivity index (χ4v) is 1.18. The van der Waals surface area contributed by atoms with Crippen molar-refractivity contribution in [2.24, 2.45) is 0 Å². The van der Waals surface area contributed by atoms with Gasteiger partial charge in [-0.1, -0.05) is 13.3 Å². The molecule has 0 rings (SSSR count). The molecule has 1 amide bonds. The second-order valence-corrected chi connectivity index (χ2v) is 3.20. The molecule has 0 atom stereocenters. The van der Waals surface area contributed by atoms with Gasteiger partial charge in [-0.3, -0.25) is 4.79 Å². The van der Waals surface area contributed by atoms with Crippen LogP contribution in [0.4, 0.5) is 0 Å². The van der Waals surface area contributed by atoms with Gasteiger partial charge in [0.25, 0.3) is 0 Å². The molecule has 0 aliphatic rings. The second-order valence-electron chi connectivity index (χ2n) is 3.20. The summed E-state index contributed by atoms with van der Waals surface area (Å²) in [5.41, 5.74) is 0. The Labute approximate surface area is 85.9 Å². The van der Waals surface area contributed by atoms with Gasteiger partial charge in [-0.05, 0) is 6.42 Å². The lowest BCUT2D eigenvalue weighted by Crippen LogP contribution is -2.34. The number of aliphatic hydroxyl groups excluding tert-OH is 1. The highest BCUT2D eigenvalue weighted by molar-refractivity contribution is 5.76. The van der Waals surface area contributed by atoms with Crippen LogP contribution < -0.4 is 0 Å². The van der Waals surface area contributed by atoms with Crippen molar-refractivity contribution in [3.05, 3.63) is 0 Å². The SMILES string of the molecule is CCCCN(CCO)C(=O)CCOC. The van der Waals surface area contributed by atoms with Gasteiger partial charge < -0.3 is 14.7 Å². The Bertz CT molecular complexity index is 150. The van der Waals surface area contributed by atoms with Crippen molar-refractivity contribution in [3.8, 4) is 0 Å². The number of hydrogen-bond acceptors (Lipinski definition) is 3. The van der Waals surface area contributed by atoms with Crippen LogP contribution in [0.5, 0.6) is 0 Å². The Morgan fingerprint density at radius 1 is 1.43 bits per heavy atom. The molecule has 0 bridgehead atoms. The summed E-state index contributed by atoms with van der Waals surface area (Å²) in [6.07, 6.45) is 2.44. The van der Waals surface area contributed by atoms with E-state index in [0.29, 0.717) is 19.6 Å². The molecule has 0 aromatic rings. The summed E-state index contributed by atoms with van der Waals surface area (Å²) < 4.78 is 4.84. The normalized spacial score (nSPS) is 10.2. The van der Waals surface area contributed by atoms with E-state index in [-0.39, 0.29) is 12.5 Å². The molecule has 0 aliphatic carbocycles. The molecule has 0 aliphatic heterocycles. The number of unbranched alkanes of at least 4 members (excludes halogenated alkanes) is 1. The van der Waals surface area contributed by atoms with E-state index < -0.39 is 0 Å². The minimum atomic E-state index is 0.0302. The number of hydrogen-bond donors (Lipinski definition) is 1. The van der Waals surface area contributed by atoms with Gasteiger partial charge in [0.1, 0.15) is 0 Å². The fraction of sp³-hybridized carbons (Fsp3) is 0.900. The number of carbonyl (C=O) groups excluding carboxylic acids is 1. The van der Waals surface area contributed by atoms with E-state index in [0.717, 1.165) is 19.4 Å². The van der Waals surface area contributed by atoms with Crippen LogP contribution in [0, 0.1) is 0 Å². The smallest absolute Gasteiger partial charge is 0.224 e. The quantitative estimate of drug-likeness (QED) is 0.630. The molecule has 0 aromatic carbocycles. The van der Waals surface area contributed by atoms with Crippen LogP contribution in [0.2, 0.25) is 0 Å². The minimum Gasteiger partial charge on any atom is -0.395 e. The highest BCUT2D eigenvalue weighted by atomic mass is 16.5. The number of aliphatic hydroxyl groups is 1. The fourth-order valence-electron chi connectivity index (χ4n) is 1.18. The number of amides is 1. The molecule has 0 fully saturated rings. The summed E-state index contributed by atoms with van der Waals surface area (Å²) in [5, 5.41) is 8.79. The minimum absolute atomic E-state index is 0.0302. The Balaban J connectivity index is 3.84. The summed E-state index contributed by atoms with van der Waals surface area (Å²) in [5.74, 6) is 0.0642. The standard InChI is InChI=1S/C10H21NO3/c1-3-4-6-11(7-8-12)10(13)5-9-14-2/h12H,3-9H2,1-2H3. The highest BCUT2D eigenvalue weighted by Crippen LogP contribution is 1.98. The molecule has 4 heteroatoms. The van der Waals surface area contributed by atoms with Crippen LogP contribution >= 0.6 is 0 Å². The first-order chi connectivity index (χ1) is 6.76. The zero-order chi connectivity index (χ0) is 10.8. The number of carbonyl (C=O) groups is 1. The molecule has 0 aromatic heterocycles. The summed E-state index contributed by atoms with van der Waals surface area (Å²) in [4.78, 5) is 13.2. The van der Waals surface area contributed by atoms with Gasteiger partial charge in [0.15, 0.2) is 0 Å². The largest absolute Gasteiger partial charge is 0.395 e. The second kappa shape index (κ2) is 8.97. The summed E-state index contributed by atoms with van der Waals surface area (Å²) in [6, 6.07) is 0. The third-order valence-corrected chi connectivity index (χ3v) is 2.02. The lowest BCUT2D eigenvalue weighted by Gasteiger charge is -2.21. The predicted octanol–water partition coefficient (Wildman–Crippen LogP) is 0.644. The van der Waals surface area contributed by atoms with Crippen LogP contribution in [0.3, 0.4) is 0 Å². The first-order valence-electron chi connectivity index (χ1n) is 5.13. The van der Waals surface area contributed by atoms with Crippen molar-refractivity contribution in [3.63, 3.8) is 0 Å². The van der Waals surface area contributed by atoms with Crippen LogP contribution in [-0.2, 0) is 9.53 Å². The molecule has 84 valence electrons. The maximum atomic E-state index is 11.5. The Hall–Kier alpha value is -0.610. The zero-order valence-corrected chi connectivity index (χ0v) is 9.16. The molecule has 0 heterocycles. The van der Waals surface area contributed by atoms with Crippen molar-refractivity contribution < 1.29 is 14.6 Å². The van der Waals surface area contributed by atoms with Gasteiger partial charge in [-0.15, -0.1) is 0 Å². The van der Waals surface area contributed by atoms with E-state index in [1.54, 1.807) is 12.0 Å². The third kappa shape index (κ3) is 5.94. The van der Waals surface area contributed by atoms with E-state index in [1.807, 2.05) is 0 Å². The van der Waals surface area contributed by atoms with E-state index in [1.165, 1.54) is 0 Å². The Morgan fingerprint density at radius 2 is 2.14 bits per heavy atom. The molecular weight excluding hydrogens is 182 g/mol. The Morgan fingerprint density at radius 3 is 2.64 bits per heavy atom. The average Bonchev–Trinajstić information content (AvgIpc) is 2.20. The van der Waals surface area contributed by atoms with Crippen molar-refractivity contribution in [2.45, 2.75) is 26.2 Å². The Kier molecular flexibility index (Phi) is 8.57. The molecule has 0 spiro atoms. The molecule has 1 N–H and O–H groups in total.